The zero-order valence-electron chi connectivity index (χ0n) is 22.8. The molecule has 9 nitrogen and oxygen atoms in total. The van der Waals surface area contributed by atoms with Crippen molar-refractivity contribution in [2.45, 2.75) is 51.1 Å². The van der Waals surface area contributed by atoms with Gasteiger partial charge in [0.1, 0.15) is 11.4 Å². The Kier molecular flexibility index (Phi) is 6.85. The Balaban J connectivity index is 1.29. The maximum Gasteiger partial charge on any atom is 0.257 e. The van der Waals surface area contributed by atoms with Gasteiger partial charge in [0.15, 0.2) is 0 Å². The summed E-state index contributed by atoms with van der Waals surface area (Å²) in [6.07, 6.45) is 5.75. The molecule has 0 radical (unpaired) electrons. The number of rotatable bonds is 8. The SMILES string of the molecule is CC1(F)CCN(c2cc(NC(=O)c3ccc(NS(=O)(=O)CCO)cc3N3CCC4(CC3)CC4)cc3c2OCC3)C1. The molecular formula is C29H37FN4O5S. The largest absolute Gasteiger partial charge is 0.491 e. The number of benzene rings is 2. The molecule has 1 unspecified atom stereocenters. The molecule has 40 heavy (non-hydrogen) atoms. The summed E-state index contributed by atoms with van der Waals surface area (Å²) < 4.78 is 47.7. The number of sulfonamides is 1. The highest BCUT2D eigenvalue weighted by atomic mass is 32.2. The lowest BCUT2D eigenvalue weighted by Gasteiger charge is -2.35. The third-order valence-corrected chi connectivity index (χ3v) is 10.1. The number of nitrogens with zero attached hydrogens (tertiary/aromatic N) is 2. The lowest BCUT2D eigenvalue weighted by molar-refractivity contribution is 0.102. The van der Waals surface area contributed by atoms with Crippen LogP contribution in [0.4, 0.5) is 27.1 Å². The molecule has 0 aromatic heterocycles. The minimum absolute atomic E-state index is 0.272. The molecule has 3 N–H and O–H groups in total. The highest BCUT2D eigenvalue weighted by Gasteiger charge is 2.44. The number of carbonyl (C=O) groups is 1. The first-order chi connectivity index (χ1) is 19.1. The first-order valence-corrected chi connectivity index (χ1v) is 15.8. The summed E-state index contributed by atoms with van der Waals surface area (Å²) in [6.45, 7) is 4.12. The number of fused-ring (bicyclic) bond motifs is 1. The number of ether oxygens (including phenoxy) is 1. The van der Waals surface area contributed by atoms with Crippen LogP contribution in [0, 0.1) is 5.41 Å². The molecule has 1 amide bonds. The fourth-order valence-corrected chi connectivity index (χ4v) is 7.05. The number of aliphatic hydroxyl groups excluding tert-OH is 1. The van der Waals surface area contributed by atoms with Gasteiger partial charge in [0, 0.05) is 43.7 Å². The first kappa shape index (κ1) is 27.1. The zero-order chi connectivity index (χ0) is 28.1. The standard InChI is InChI=1S/C29H37FN4O5S/c1-28(30)7-10-34(19-28)25-18-22(16-20-4-14-39-26(20)25)31-27(36)23-3-2-21(32-40(37,38)15-13-35)17-24(23)33-11-8-29(5-6-29)9-12-33/h2-3,16-18,32,35H,4-15,19H2,1H3,(H,31,36). The molecule has 2 saturated heterocycles. The summed E-state index contributed by atoms with van der Waals surface area (Å²) in [5.41, 5.74) is 3.05. The van der Waals surface area contributed by atoms with Crippen LogP contribution in [0.25, 0.3) is 0 Å². The fourth-order valence-electron chi connectivity index (χ4n) is 6.22. The Labute approximate surface area is 234 Å². The minimum Gasteiger partial charge on any atom is -0.491 e. The molecule has 0 bridgehead atoms. The molecule has 1 aliphatic carbocycles. The second-order valence-corrected chi connectivity index (χ2v) is 13.8. The first-order valence-electron chi connectivity index (χ1n) is 14.1. The van der Waals surface area contributed by atoms with E-state index in [2.05, 4.69) is 14.9 Å². The van der Waals surface area contributed by atoms with Crippen LogP contribution >= 0.6 is 0 Å². The van der Waals surface area contributed by atoms with E-state index in [9.17, 15) is 17.6 Å². The van der Waals surface area contributed by atoms with Crippen LogP contribution in [-0.4, -0.2) is 70.2 Å². The molecule has 6 rings (SSSR count). The number of hydrogen-bond donors (Lipinski definition) is 3. The van der Waals surface area contributed by atoms with Crippen LogP contribution < -0.4 is 24.6 Å². The maximum atomic E-state index is 14.7. The molecule has 2 aromatic rings. The highest BCUT2D eigenvalue weighted by molar-refractivity contribution is 7.92. The number of halogens is 1. The number of piperidine rings is 1. The van der Waals surface area contributed by atoms with Gasteiger partial charge < -0.3 is 25.0 Å². The van der Waals surface area contributed by atoms with Crippen LogP contribution in [0.3, 0.4) is 0 Å². The Hall–Kier alpha value is -3.05. The highest BCUT2D eigenvalue weighted by Crippen LogP contribution is 2.54. The Morgan fingerprint density at radius 3 is 2.42 bits per heavy atom. The molecule has 3 fully saturated rings. The Morgan fingerprint density at radius 1 is 1.02 bits per heavy atom. The van der Waals surface area contributed by atoms with Crippen LogP contribution in [0.5, 0.6) is 5.75 Å². The number of aliphatic hydroxyl groups is 1. The quantitative estimate of drug-likeness (QED) is 0.440. The van der Waals surface area contributed by atoms with E-state index >= 15 is 0 Å². The molecule has 11 heteroatoms. The van der Waals surface area contributed by atoms with E-state index in [-0.39, 0.29) is 12.5 Å². The van der Waals surface area contributed by atoms with Gasteiger partial charge in [0.05, 0.1) is 48.1 Å². The maximum absolute atomic E-state index is 14.7. The van der Waals surface area contributed by atoms with E-state index in [1.54, 1.807) is 25.1 Å². The number of anilines is 4. The van der Waals surface area contributed by atoms with Crippen molar-refractivity contribution in [3.8, 4) is 5.75 Å². The molecule has 4 aliphatic rings. The average Bonchev–Trinajstić information content (AvgIpc) is 3.30. The summed E-state index contributed by atoms with van der Waals surface area (Å²) >= 11 is 0. The lowest BCUT2D eigenvalue weighted by Crippen LogP contribution is -2.35. The third-order valence-electron chi connectivity index (χ3n) is 8.78. The van der Waals surface area contributed by atoms with Crippen molar-refractivity contribution in [2.24, 2.45) is 5.41 Å². The van der Waals surface area contributed by atoms with Gasteiger partial charge in [-0.3, -0.25) is 9.52 Å². The fraction of sp³-hybridized carbons (Fsp3) is 0.552. The molecule has 1 spiro atoms. The summed E-state index contributed by atoms with van der Waals surface area (Å²) in [5, 5.41) is 12.2. The van der Waals surface area contributed by atoms with Crippen molar-refractivity contribution in [3.05, 3.63) is 41.5 Å². The van der Waals surface area contributed by atoms with Gasteiger partial charge in [-0.1, -0.05) is 0 Å². The van der Waals surface area contributed by atoms with Crippen molar-refractivity contribution < 1.29 is 27.4 Å². The van der Waals surface area contributed by atoms with Crippen molar-refractivity contribution in [1.82, 2.24) is 0 Å². The molecule has 3 aliphatic heterocycles. The summed E-state index contributed by atoms with van der Waals surface area (Å²) in [4.78, 5) is 17.9. The van der Waals surface area contributed by atoms with Gasteiger partial charge in [-0.25, -0.2) is 12.8 Å². The smallest absolute Gasteiger partial charge is 0.257 e. The molecule has 3 heterocycles. The van der Waals surface area contributed by atoms with E-state index in [0.29, 0.717) is 47.6 Å². The average molecular weight is 573 g/mol. The van der Waals surface area contributed by atoms with Gasteiger partial charge in [0.25, 0.3) is 5.91 Å². The second-order valence-electron chi connectivity index (χ2n) is 12.0. The number of hydrogen-bond acceptors (Lipinski definition) is 7. The van der Waals surface area contributed by atoms with E-state index in [1.807, 2.05) is 17.0 Å². The summed E-state index contributed by atoms with van der Waals surface area (Å²) in [7, 11) is -3.71. The summed E-state index contributed by atoms with van der Waals surface area (Å²) in [6, 6.07) is 8.72. The van der Waals surface area contributed by atoms with Crippen molar-refractivity contribution in [3.63, 3.8) is 0 Å². The number of amides is 1. The molecular weight excluding hydrogens is 535 g/mol. The lowest BCUT2D eigenvalue weighted by atomic mass is 9.93. The molecule has 2 aromatic carbocycles. The minimum atomic E-state index is -3.71. The van der Waals surface area contributed by atoms with Gasteiger partial charge in [-0.2, -0.15) is 0 Å². The van der Waals surface area contributed by atoms with Gasteiger partial charge in [0.2, 0.25) is 10.0 Å². The number of nitrogens with one attached hydrogen (secondary N) is 2. The van der Waals surface area contributed by atoms with Gasteiger partial charge in [-0.05, 0) is 68.4 Å². The van der Waals surface area contributed by atoms with E-state index in [4.69, 9.17) is 9.84 Å². The van der Waals surface area contributed by atoms with E-state index in [0.717, 1.165) is 49.4 Å². The number of alkyl halides is 1. The topological polar surface area (TPSA) is 111 Å². The van der Waals surface area contributed by atoms with Gasteiger partial charge in [-0.15, -0.1) is 0 Å². The molecule has 1 saturated carbocycles. The van der Waals surface area contributed by atoms with Gasteiger partial charge >= 0.3 is 0 Å². The Morgan fingerprint density at radius 2 is 1.75 bits per heavy atom. The van der Waals surface area contributed by atoms with Crippen molar-refractivity contribution >= 4 is 38.7 Å². The predicted molar refractivity (Wildman–Crippen MR) is 154 cm³/mol. The monoisotopic (exact) mass is 572 g/mol. The third kappa shape index (κ3) is 5.58. The van der Waals surface area contributed by atoms with Crippen LogP contribution in [-0.2, 0) is 16.4 Å². The molecule has 1 atom stereocenters. The molecule has 216 valence electrons. The second kappa shape index (κ2) is 10.1. The number of carbonyl (C=O) groups excluding carboxylic acids is 1. The predicted octanol–water partition coefficient (Wildman–Crippen LogP) is 3.93. The van der Waals surface area contributed by atoms with Crippen LogP contribution in [0.2, 0.25) is 0 Å². The Bertz CT molecular complexity index is 1420. The van der Waals surface area contributed by atoms with Crippen molar-refractivity contribution in [2.75, 3.05) is 65.0 Å². The normalized spacial score (nSPS) is 23.2. The van der Waals surface area contributed by atoms with E-state index < -0.39 is 28.1 Å². The zero-order valence-corrected chi connectivity index (χ0v) is 23.7. The summed E-state index contributed by atoms with van der Waals surface area (Å²) in [5.74, 6) is 0.0611. The van der Waals surface area contributed by atoms with Crippen LogP contribution in [0.1, 0.15) is 54.9 Å². The van der Waals surface area contributed by atoms with Crippen molar-refractivity contribution in [1.29, 1.82) is 0 Å². The van der Waals surface area contributed by atoms with E-state index in [1.165, 1.54) is 12.8 Å². The van der Waals surface area contributed by atoms with Crippen LogP contribution in [0.15, 0.2) is 30.3 Å².